The Labute approximate surface area is 157 Å². The van der Waals surface area contributed by atoms with Crippen molar-refractivity contribution in [1.82, 2.24) is 0 Å². The average Bonchev–Trinajstić information content (AvgIpc) is 2.62. The van der Waals surface area contributed by atoms with Crippen LogP contribution in [-0.4, -0.2) is 10.0 Å². The van der Waals surface area contributed by atoms with Gasteiger partial charge in [0.25, 0.3) is 0 Å². The van der Waals surface area contributed by atoms with Crippen LogP contribution in [-0.2, 0) is 0 Å². The van der Waals surface area contributed by atoms with E-state index in [0.29, 0.717) is 11.4 Å². The van der Waals surface area contributed by atoms with E-state index in [1.165, 1.54) is 18.2 Å². The van der Waals surface area contributed by atoms with Crippen LogP contribution < -0.4 is 0 Å². The van der Waals surface area contributed by atoms with Crippen molar-refractivity contribution in [3.63, 3.8) is 0 Å². The number of nitro groups is 1. The van der Waals surface area contributed by atoms with Crippen LogP contribution in [0.15, 0.2) is 77.0 Å². The number of azo groups is 1. The summed E-state index contributed by atoms with van der Waals surface area (Å²) in [5, 5.41) is 28.8. The van der Waals surface area contributed by atoms with E-state index in [0.717, 1.165) is 14.7 Å². The third-order valence-electron chi connectivity index (χ3n) is 3.49. The SMILES string of the molecule is O=[N+]([O-])c1cc(N=Nc2c(I)cccc2-c2ccccc2)ccc1O. The number of hydrogen-bond donors (Lipinski definition) is 1. The van der Waals surface area contributed by atoms with Crippen LogP contribution in [0.5, 0.6) is 5.75 Å². The Hall–Kier alpha value is -2.81. The van der Waals surface area contributed by atoms with Crippen molar-refractivity contribution >= 4 is 39.7 Å². The summed E-state index contributed by atoms with van der Waals surface area (Å²) in [5.74, 6) is -0.400. The van der Waals surface area contributed by atoms with Gasteiger partial charge >= 0.3 is 5.69 Å². The van der Waals surface area contributed by atoms with Gasteiger partial charge in [-0.25, -0.2) is 0 Å². The highest BCUT2D eigenvalue weighted by molar-refractivity contribution is 14.1. The number of benzene rings is 3. The zero-order chi connectivity index (χ0) is 17.8. The lowest BCUT2D eigenvalue weighted by molar-refractivity contribution is -0.385. The van der Waals surface area contributed by atoms with Crippen molar-refractivity contribution in [3.05, 3.63) is 80.4 Å². The molecule has 0 saturated heterocycles. The molecule has 0 aliphatic rings. The fourth-order valence-electron chi connectivity index (χ4n) is 2.30. The fourth-order valence-corrected chi connectivity index (χ4v) is 2.90. The molecule has 3 rings (SSSR count). The fraction of sp³-hybridized carbons (Fsp3) is 0. The first-order valence-corrected chi connectivity index (χ1v) is 8.37. The van der Waals surface area contributed by atoms with E-state index in [1.54, 1.807) is 0 Å². The van der Waals surface area contributed by atoms with Gasteiger partial charge in [0, 0.05) is 15.2 Å². The second-order valence-corrected chi connectivity index (χ2v) is 6.29. The second kappa shape index (κ2) is 7.39. The van der Waals surface area contributed by atoms with Gasteiger partial charge in [0.15, 0.2) is 5.75 Å². The van der Waals surface area contributed by atoms with Gasteiger partial charge in [-0.15, -0.1) is 5.11 Å². The molecule has 25 heavy (non-hydrogen) atoms. The summed E-state index contributed by atoms with van der Waals surface area (Å²) in [6, 6.07) is 19.5. The molecule has 0 fully saturated rings. The maximum Gasteiger partial charge on any atom is 0.312 e. The van der Waals surface area contributed by atoms with Crippen LogP contribution in [0.3, 0.4) is 0 Å². The molecule has 0 bridgehead atoms. The Morgan fingerprint density at radius 3 is 2.44 bits per heavy atom. The molecular formula is C18H12IN3O3. The molecule has 3 aromatic rings. The third kappa shape index (κ3) is 3.82. The highest BCUT2D eigenvalue weighted by Gasteiger charge is 2.14. The van der Waals surface area contributed by atoms with Crippen molar-refractivity contribution in [2.45, 2.75) is 0 Å². The minimum absolute atomic E-state index is 0.295. The summed E-state index contributed by atoms with van der Waals surface area (Å²) in [6.45, 7) is 0. The average molecular weight is 445 g/mol. The minimum Gasteiger partial charge on any atom is -0.502 e. The summed E-state index contributed by atoms with van der Waals surface area (Å²) in [5.41, 5.74) is 2.51. The van der Waals surface area contributed by atoms with Crippen molar-refractivity contribution < 1.29 is 10.0 Å². The lowest BCUT2D eigenvalue weighted by Crippen LogP contribution is -1.87. The molecule has 3 aromatic carbocycles. The van der Waals surface area contributed by atoms with Gasteiger partial charge in [0.05, 0.1) is 10.6 Å². The molecule has 0 saturated carbocycles. The van der Waals surface area contributed by atoms with Gasteiger partial charge in [0.2, 0.25) is 0 Å². The number of halogens is 1. The molecule has 0 aliphatic carbocycles. The molecule has 0 spiro atoms. The number of aromatic hydroxyl groups is 1. The zero-order valence-electron chi connectivity index (χ0n) is 12.8. The number of nitrogens with zero attached hydrogens (tertiary/aromatic N) is 3. The normalized spacial score (nSPS) is 10.9. The quantitative estimate of drug-likeness (QED) is 0.232. The number of phenols is 1. The molecule has 0 amide bonds. The van der Waals surface area contributed by atoms with Gasteiger partial charge < -0.3 is 5.11 Å². The van der Waals surface area contributed by atoms with Crippen LogP contribution in [0, 0.1) is 13.7 Å². The molecule has 0 atom stereocenters. The van der Waals surface area contributed by atoms with Gasteiger partial charge in [-0.3, -0.25) is 10.1 Å². The molecule has 0 unspecified atom stereocenters. The lowest BCUT2D eigenvalue weighted by Gasteiger charge is -2.07. The summed E-state index contributed by atoms with van der Waals surface area (Å²) < 4.78 is 0.913. The first-order chi connectivity index (χ1) is 12.1. The second-order valence-electron chi connectivity index (χ2n) is 5.13. The molecular weight excluding hydrogens is 433 g/mol. The van der Waals surface area contributed by atoms with Crippen molar-refractivity contribution in [1.29, 1.82) is 0 Å². The number of phenolic OH excluding ortho intramolecular Hbond substituents is 1. The Bertz CT molecular complexity index is 959. The monoisotopic (exact) mass is 445 g/mol. The standard InChI is InChI=1S/C18H12IN3O3/c19-15-8-4-7-14(12-5-2-1-3-6-12)18(15)21-20-13-9-10-17(23)16(11-13)22(24)25/h1-11,23H. The van der Waals surface area contributed by atoms with Crippen LogP contribution in [0.1, 0.15) is 0 Å². The van der Waals surface area contributed by atoms with Crippen LogP contribution in [0.2, 0.25) is 0 Å². The van der Waals surface area contributed by atoms with Crippen molar-refractivity contribution in [2.75, 3.05) is 0 Å². The molecule has 0 aliphatic heterocycles. The predicted molar refractivity (Wildman–Crippen MR) is 104 cm³/mol. The van der Waals surface area contributed by atoms with Gasteiger partial charge in [-0.2, -0.15) is 5.11 Å². The van der Waals surface area contributed by atoms with E-state index in [2.05, 4.69) is 32.8 Å². The first kappa shape index (κ1) is 17.0. The van der Waals surface area contributed by atoms with Gasteiger partial charge in [0.1, 0.15) is 5.69 Å². The van der Waals surface area contributed by atoms with Gasteiger partial charge in [-0.1, -0.05) is 42.5 Å². The topological polar surface area (TPSA) is 88.1 Å². The van der Waals surface area contributed by atoms with Crippen LogP contribution in [0.4, 0.5) is 17.1 Å². The highest BCUT2D eigenvalue weighted by atomic mass is 127. The molecule has 124 valence electrons. The van der Waals surface area contributed by atoms with Crippen LogP contribution in [0.25, 0.3) is 11.1 Å². The Morgan fingerprint density at radius 1 is 0.960 bits per heavy atom. The minimum atomic E-state index is -0.657. The molecule has 7 heteroatoms. The Morgan fingerprint density at radius 2 is 1.72 bits per heavy atom. The molecule has 0 aromatic heterocycles. The summed E-state index contributed by atoms with van der Waals surface area (Å²) in [7, 11) is 0. The van der Waals surface area contributed by atoms with E-state index in [4.69, 9.17) is 0 Å². The summed E-state index contributed by atoms with van der Waals surface area (Å²) >= 11 is 2.18. The molecule has 1 N–H and O–H groups in total. The molecule has 0 radical (unpaired) electrons. The van der Waals surface area contributed by atoms with Crippen molar-refractivity contribution in [2.24, 2.45) is 10.2 Å². The lowest BCUT2D eigenvalue weighted by atomic mass is 10.0. The summed E-state index contributed by atoms with van der Waals surface area (Å²) in [6.07, 6.45) is 0. The Kier molecular flexibility index (Phi) is 5.03. The Balaban J connectivity index is 2.03. The highest BCUT2D eigenvalue weighted by Crippen LogP contribution is 2.36. The third-order valence-corrected chi connectivity index (χ3v) is 4.36. The first-order valence-electron chi connectivity index (χ1n) is 7.29. The van der Waals surface area contributed by atoms with E-state index in [9.17, 15) is 15.2 Å². The number of nitro benzene ring substituents is 1. The number of rotatable bonds is 4. The molecule has 6 nitrogen and oxygen atoms in total. The maximum absolute atomic E-state index is 10.9. The van der Waals surface area contributed by atoms with E-state index in [-0.39, 0.29) is 0 Å². The molecule has 0 heterocycles. The van der Waals surface area contributed by atoms with Crippen molar-refractivity contribution in [3.8, 4) is 16.9 Å². The smallest absolute Gasteiger partial charge is 0.312 e. The largest absolute Gasteiger partial charge is 0.502 e. The van der Waals surface area contributed by atoms with Gasteiger partial charge in [-0.05, 0) is 46.4 Å². The predicted octanol–water partition coefficient (Wildman–Crippen LogP) is 5.99. The maximum atomic E-state index is 10.9. The summed E-state index contributed by atoms with van der Waals surface area (Å²) in [4.78, 5) is 10.3. The van der Waals surface area contributed by atoms with Crippen LogP contribution >= 0.6 is 22.6 Å². The number of hydrogen-bond acceptors (Lipinski definition) is 5. The van der Waals surface area contributed by atoms with E-state index < -0.39 is 16.4 Å². The zero-order valence-corrected chi connectivity index (χ0v) is 15.0. The van der Waals surface area contributed by atoms with E-state index >= 15 is 0 Å². The van der Waals surface area contributed by atoms with E-state index in [1.807, 2.05) is 48.5 Å².